The molecular formula is C8H13N3S. The van der Waals surface area contributed by atoms with Crippen LogP contribution in [0.25, 0.3) is 0 Å². The first kappa shape index (κ1) is 7.98. The van der Waals surface area contributed by atoms with Gasteiger partial charge >= 0.3 is 0 Å². The molecule has 1 atom stereocenters. The minimum atomic E-state index is 0.519. The fourth-order valence-corrected chi connectivity index (χ4v) is 1.96. The average molecular weight is 183 g/mol. The van der Waals surface area contributed by atoms with E-state index in [0.29, 0.717) is 6.04 Å². The predicted molar refractivity (Wildman–Crippen MR) is 49.5 cm³/mol. The van der Waals surface area contributed by atoms with Crippen LogP contribution in [0.5, 0.6) is 0 Å². The lowest BCUT2D eigenvalue weighted by atomic mass is 9.80. The van der Waals surface area contributed by atoms with E-state index in [2.05, 4.69) is 21.7 Å². The smallest absolute Gasteiger partial charge is 0.195 e. The average Bonchev–Trinajstić information content (AvgIpc) is 2.31. The number of hydrogen-bond acceptors (Lipinski definition) is 2. The zero-order chi connectivity index (χ0) is 8.55. The SMILES string of the molecule is CC(C1CCC1)n1cn[nH]c1=S. The highest BCUT2D eigenvalue weighted by Crippen LogP contribution is 2.35. The van der Waals surface area contributed by atoms with Gasteiger partial charge in [0, 0.05) is 6.04 Å². The highest BCUT2D eigenvalue weighted by atomic mass is 32.1. The van der Waals surface area contributed by atoms with E-state index in [4.69, 9.17) is 12.2 Å². The zero-order valence-electron chi connectivity index (χ0n) is 7.16. The number of hydrogen-bond donors (Lipinski definition) is 1. The van der Waals surface area contributed by atoms with Crippen LogP contribution in [0, 0.1) is 10.7 Å². The van der Waals surface area contributed by atoms with Gasteiger partial charge in [0.15, 0.2) is 4.77 Å². The van der Waals surface area contributed by atoms with Gasteiger partial charge in [-0.05, 0) is 37.9 Å². The third-order valence-corrected chi connectivity index (χ3v) is 3.15. The summed E-state index contributed by atoms with van der Waals surface area (Å²) in [6, 6.07) is 0.519. The maximum atomic E-state index is 5.10. The van der Waals surface area contributed by atoms with Crippen molar-refractivity contribution < 1.29 is 0 Å². The number of H-pyrrole nitrogens is 1. The Balaban J connectivity index is 2.18. The van der Waals surface area contributed by atoms with E-state index >= 15 is 0 Å². The van der Waals surface area contributed by atoms with E-state index in [-0.39, 0.29) is 0 Å². The first-order chi connectivity index (χ1) is 5.79. The Morgan fingerprint density at radius 3 is 2.92 bits per heavy atom. The lowest BCUT2D eigenvalue weighted by Gasteiger charge is -2.31. The van der Waals surface area contributed by atoms with Gasteiger partial charge in [-0.3, -0.25) is 5.10 Å². The van der Waals surface area contributed by atoms with Gasteiger partial charge in [-0.1, -0.05) is 6.42 Å². The second kappa shape index (κ2) is 3.01. The second-order valence-electron chi connectivity index (χ2n) is 3.50. The van der Waals surface area contributed by atoms with Crippen molar-refractivity contribution in [1.29, 1.82) is 0 Å². The summed E-state index contributed by atoms with van der Waals surface area (Å²) in [5.41, 5.74) is 0. The number of aromatic nitrogens is 3. The van der Waals surface area contributed by atoms with Crippen LogP contribution < -0.4 is 0 Å². The van der Waals surface area contributed by atoms with Gasteiger partial charge < -0.3 is 4.57 Å². The molecule has 4 heteroatoms. The molecule has 1 saturated carbocycles. The first-order valence-electron chi connectivity index (χ1n) is 4.40. The van der Waals surface area contributed by atoms with Crippen molar-refractivity contribution in [3.05, 3.63) is 11.1 Å². The molecule has 0 aromatic carbocycles. The Bertz CT molecular complexity index is 310. The lowest BCUT2D eigenvalue weighted by Crippen LogP contribution is -2.22. The molecule has 1 heterocycles. The largest absolute Gasteiger partial charge is 0.304 e. The summed E-state index contributed by atoms with van der Waals surface area (Å²) >= 11 is 5.10. The maximum Gasteiger partial charge on any atom is 0.195 e. The van der Waals surface area contributed by atoms with Crippen molar-refractivity contribution in [2.24, 2.45) is 5.92 Å². The molecule has 1 aliphatic rings. The summed E-state index contributed by atoms with van der Waals surface area (Å²) in [5.74, 6) is 0.814. The lowest BCUT2D eigenvalue weighted by molar-refractivity contribution is 0.221. The molecule has 0 saturated heterocycles. The van der Waals surface area contributed by atoms with Crippen LogP contribution in [0.3, 0.4) is 0 Å². The molecule has 0 radical (unpaired) electrons. The van der Waals surface area contributed by atoms with Gasteiger partial charge in [0.25, 0.3) is 0 Å². The molecule has 3 nitrogen and oxygen atoms in total. The third-order valence-electron chi connectivity index (χ3n) is 2.85. The summed E-state index contributed by atoms with van der Waals surface area (Å²) in [7, 11) is 0. The molecule has 0 amide bonds. The molecule has 1 aromatic rings. The minimum Gasteiger partial charge on any atom is -0.304 e. The maximum absolute atomic E-state index is 5.10. The van der Waals surface area contributed by atoms with Crippen LogP contribution in [0.2, 0.25) is 0 Å². The summed E-state index contributed by atoms with van der Waals surface area (Å²) in [5, 5.41) is 6.70. The second-order valence-corrected chi connectivity index (χ2v) is 3.89. The summed E-state index contributed by atoms with van der Waals surface area (Å²) < 4.78 is 2.80. The normalized spacial score (nSPS) is 20.4. The number of aromatic amines is 1. The highest BCUT2D eigenvalue weighted by molar-refractivity contribution is 7.71. The topological polar surface area (TPSA) is 33.6 Å². The molecule has 1 N–H and O–H groups in total. The number of nitrogens with one attached hydrogen (secondary N) is 1. The predicted octanol–water partition coefficient (Wildman–Crippen LogP) is 2.30. The molecule has 66 valence electrons. The Morgan fingerprint density at radius 2 is 2.50 bits per heavy atom. The van der Waals surface area contributed by atoms with Crippen molar-refractivity contribution in [3.63, 3.8) is 0 Å². The Morgan fingerprint density at radius 1 is 1.75 bits per heavy atom. The van der Waals surface area contributed by atoms with Gasteiger partial charge in [-0.2, -0.15) is 5.10 Å². The van der Waals surface area contributed by atoms with Gasteiger partial charge in [0.05, 0.1) is 0 Å². The van der Waals surface area contributed by atoms with Crippen molar-refractivity contribution in [2.45, 2.75) is 32.2 Å². The van der Waals surface area contributed by atoms with Crippen molar-refractivity contribution in [2.75, 3.05) is 0 Å². The highest BCUT2D eigenvalue weighted by Gasteiger charge is 2.25. The van der Waals surface area contributed by atoms with E-state index in [1.807, 2.05) is 0 Å². The molecule has 1 unspecified atom stereocenters. The van der Waals surface area contributed by atoms with Gasteiger partial charge in [-0.25, -0.2) is 0 Å². The Hall–Kier alpha value is -0.640. The van der Waals surface area contributed by atoms with E-state index in [9.17, 15) is 0 Å². The van der Waals surface area contributed by atoms with Gasteiger partial charge in [-0.15, -0.1) is 0 Å². The van der Waals surface area contributed by atoms with Crippen LogP contribution in [0.15, 0.2) is 6.33 Å². The van der Waals surface area contributed by atoms with Crippen LogP contribution >= 0.6 is 12.2 Å². The fraction of sp³-hybridized carbons (Fsp3) is 0.750. The standard InChI is InChI=1S/C8H13N3S/c1-6(7-3-2-4-7)11-5-9-10-8(11)12/h5-7H,2-4H2,1H3,(H,10,12). The van der Waals surface area contributed by atoms with E-state index in [1.165, 1.54) is 19.3 Å². The molecule has 1 fully saturated rings. The molecular weight excluding hydrogens is 170 g/mol. The van der Waals surface area contributed by atoms with E-state index in [1.54, 1.807) is 6.33 Å². The van der Waals surface area contributed by atoms with Crippen LogP contribution in [0.1, 0.15) is 32.2 Å². The zero-order valence-corrected chi connectivity index (χ0v) is 7.97. The van der Waals surface area contributed by atoms with E-state index in [0.717, 1.165) is 10.7 Å². The van der Waals surface area contributed by atoms with Gasteiger partial charge in [0.1, 0.15) is 6.33 Å². The van der Waals surface area contributed by atoms with Crippen molar-refractivity contribution >= 4 is 12.2 Å². The summed E-state index contributed by atoms with van der Waals surface area (Å²) in [6.45, 7) is 2.22. The van der Waals surface area contributed by atoms with E-state index < -0.39 is 0 Å². The Labute approximate surface area is 76.8 Å². The molecule has 0 bridgehead atoms. The Kier molecular flexibility index (Phi) is 2.00. The van der Waals surface area contributed by atoms with Crippen LogP contribution in [-0.2, 0) is 0 Å². The van der Waals surface area contributed by atoms with Crippen LogP contribution in [0.4, 0.5) is 0 Å². The summed E-state index contributed by atoms with van der Waals surface area (Å²) in [6.07, 6.45) is 5.85. The molecule has 0 aliphatic heterocycles. The van der Waals surface area contributed by atoms with Crippen LogP contribution in [-0.4, -0.2) is 14.8 Å². The number of nitrogens with zero attached hydrogens (tertiary/aromatic N) is 2. The molecule has 1 aromatic heterocycles. The first-order valence-corrected chi connectivity index (χ1v) is 4.81. The van der Waals surface area contributed by atoms with Crippen molar-refractivity contribution in [3.8, 4) is 0 Å². The number of rotatable bonds is 2. The molecule has 0 spiro atoms. The minimum absolute atomic E-state index is 0.519. The summed E-state index contributed by atoms with van der Waals surface area (Å²) in [4.78, 5) is 0. The third kappa shape index (κ3) is 1.20. The van der Waals surface area contributed by atoms with Crippen molar-refractivity contribution in [1.82, 2.24) is 14.8 Å². The monoisotopic (exact) mass is 183 g/mol. The molecule has 1 aliphatic carbocycles. The van der Waals surface area contributed by atoms with Gasteiger partial charge in [0.2, 0.25) is 0 Å². The quantitative estimate of drug-likeness (QED) is 0.714. The molecule has 12 heavy (non-hydrogen) atoms. The molecule has 2 rings (SSSR count). The fourth-order valence-electron chi connectivity index (χ4n) is 1.70.